The van der Waals surface area contributed by atoms with E-state index in [2.05, 4.69) is 6.92 Å². The summed E-state index contributed by atoms with van der Waals surface area (Å²) in [7, 11) is 0. The molecule has 0 saturated carbocycles. The average molecular weight is 256 g/mol. The molecule has 2 N–H and O–H groups in total. The van der Waals surface area contributed by atoms with E-state index in [4.69, 9.17) is 0 Å². The molecule has 0 amide bonds. The first kappa shape index (κ1) is 13.6. The number of aliphatic hydroxyl groups is 1. The second-order valence-electron chi connectivity index (χ2n) is 4.99. The van der Waals surface area contributed by atoms with Gasteiger partial charge in [0, 0.05) is 6.42 Å². The van der Waals surface area contributed by atoms with Gasteiger partial charge in [0.05, 0.1) is 5.60 Å². The summed E-state index contributed by atoms with van der Waals surface area (Å²) in [5.74, 6) is 0.252. The van der Waals surface area contributed by atoms with Gasteiger partial charge >= 0.3 is 0 Å². The summed E-state index contributed by atoms with van der Waals surface area (Å²) in [6.45, 7) is 2.07. The fraction of sp³-hybridized carbons (Fsp3) is 0.294. The summed E-state index contributed by atoms with van der Waals surface area (Å²) in [5.41, 5.74) is 1.13. The summed E-state index contributed by atoms with van der Waals surface area (Å²) < 4.78 is 0. The van der Waals surface area contributed by atoms with Crippen molar-refractivity contribution in [3.63, 3.8) is 0 Å². The lowest BCUT2D eigenvalue weighted by Crippen LogP contribution is -2.28. The van der Waals surface area contributed by atoms with E-state index >= 15 is 0 Å². The van der Waals surface area contributed by atoms with Crippen LogP contribution >= 0.6 is 0 Å². The molecule has 0 spiro atoms. The smallest absolute Gasteiger partial charge is 0.115 e. The Kier molecular flexibility index (Phi) is 4.23. The molecule has 0 aliphatic rings. The molecule has 2 aromatic rings. The third kappa shape index (κ3) is 3.36. The van der Waals surface area contributed by atoms with Crippen molar-refractivity contribution >= 4 is 0 Å². The molecule has 0 heterocycles. The molecule has 2 aromatic carbocycles. The van der Waals surface area contributed by atoms with E-state index in [1.807, 2.05) is 42.5 Å². The molecule has 0 aliphatic heterocycles. The molecule has 1 unspecified atom stereocenters. The van der Waals surface area contributed by atoms with Gasteiger partial charge in [-0.25, -0.2) is 0 Å². The summed E-state index contributed by atoms with van der Waals surface area (Å²) in [4.78, 5) is 0. The van der Waals surface area contributed by atoms with Crippen LogP contribution in [-0.2, 0) is 12.0 Å². The van der Waals surface area contributed by atoms with E-state index in [9.17, 15) is 10.2 Å². The SMILES string of the molecule is CCCC(O)(Cc1ccc(O)cc1)c1ccccc1. The van der Waals surface area contributed by atoms with E-state index in [0.29, 0.717) is 6.42 Å². The van der Waals surface area contributed by atoms with Crippen LogP contribution in [-0.4, -0.2) is 10.2 Å². The maximum atomic E-state index is 10.9. The maximum absolute atomic E-state index is 10.9. The van der Waals surface area contributed by atoms with Gasteiger partial charge in [0.2, 0.25) is 0 Å². The van der Waals surface area contributed by atoms with Crippen LogP contribution in [0.5, 0.6) is 5.75 Å². The minimum absolute atomic E-state index is 0.252. The third-order valence-corrected chi connectivity index (χ3v) is 3.41. The highest BCUT2D eigenvalue weighted by molar-refractivity contribution is 5.30. The maximum Gasteiger partial charge on any atom is 0.115 e. The first-order chi connectivity index (χ1) is 9.14. The van der Waals surface area contributed by atoms with Crippen molar-refractivity contribution in [2.45, 2.75) is 31.8 Å². The van der Waals surface area contributed by atoms with E-state index in [1.54, 1.807) is 12.1 Å². The van der Waals surface area contributed by atoms with Gasteiger partial charge in [-0.1, -0.05) is 55.8 Å². The highest BCUT2D eigenvalue weighted by Gasteiger charge is 2.28. The van der Waals surface area contributed by atoms with Crippen molar-refractivity contribution in [1.82, 2.24) is 0 Å². The quantitative estimate of drug-likeness (QED) is 0.857. The van der Waals surface area contributed by atoms with Crippen LogP contribution in [0.2, 0.25) is 0 Å². The molecule has 2 nitrogen and oxygen atoms in total. The van der Waals surface area contributed by atoms with Gasteiger partial charge in [0.25, 0.3) is 0 Å². The molecule has 0 bridgehead atoms. The molecular formula is C17H20O2. The summed E-state index contributed by atoms with van der Waals surface area (Å²) in [5, 5.41) is 20.3. The van der Waals surface area contributed by atoms with Crippen molar-refractivity contribution < 1.29 is 10.2 Å². The minimum atomic E-state index is -0.840. The molecule has 100 valence electrons. The van der Waals surface area contributed by atoms with Gasteiger partial charge in [-0.15, -0.1) is 0 Å². The van der Waals surface area contributed by atoms with Gasteiger partial charge in [0.1, 0.15) is 5.75 Å². The predicted molar refractivity (Wildman–Crippen MR) is 77.1 cm³/mol. The molecule has 1 atom stereocenters. The minimum Gasteiger partial charge on any atom is -0.508 e. The van der Waals surface area contributed by atoms with Crippen LogP contribution in [0.25, 0.3) is 0 Å². The molecule has 0 saturated heterocycles. The summed E-state index contributed by atoms with van der Waals surface area (Å²) in [6.07, 6.45) is 2.20. The average Bonchev–Trinajstić information content (AvgIpc) is 2.43. The van der Waals surface area contributed by atoms with Crippen LogP contribution < -0.4 is 0 Å². The Morgan fingerprint density at radius 1 is 0.947 bits per heavy atom. The second kappa shape index (κ2) is 5.89. The zero-order valence-corrected chi connectivity index (χ0v) is 11.2. The Bertz CT molecular complexity index is 505. The largest absolute Gasteiger partial charge is 0.508 e. The van der Waals surface area contributed by atoms with Crippen LogP contribution in [0.4, 0.5) is 0 Å². The molecule has 2 heteroatoms. The summed E-state index contributed by atoms with van der Waals surface area (Å²) >= 11 is 0. The molecule has 0 aliphatic carbocycles. The normalized spacial score (nSPS) is 14.0. The number of benzene rings is 2. The van der Waals surface area contributed by atoms with Gasteiger partial charge < -0.3 is 10.2 Å². The lowest BCUT2D eigenvalue weighted by Gasteiger charge is -2.28. The van der Waals surface area contributed by atoms with Crippen molar-refractivity contribution in [2.24, 2.45) is 0 Å². The van der Waals surface area contributed by atoms with Gasteiger partial charge in [-0.05, 0) is 29.7 Å². The highest BCUT2D eigenvalue weighted by Crippen LogP contribution is 2.30. The number of phenolic OH excluding ortho intramolecular Hbond substituents is 1. The van der Waals surface area contributed by atoms with Crippen molar-refractivity contribution in [2.75, 3.05) is 0 Å². The Labute approximate surface area is 114 Å². The van der Waals surface area contributed by atoms with Crippen molar-refractivity contribution in [3.8, 4) is 5.75 Å². The Balaban J connectivity index is 2.27. The van der Waals surface area contributed by atoms with Gasteiger partial charge in [0.15, 0.2) is 0 Å². The topological polar surface area (TPSA) is 40.5 Å². The standard InChI is InChI=1S/C17H20O2/c1-2-12-17(19,15-6-4-3-5-7-15)13-14-8-10-16(18)11-9-14/h3-11,18-19H,2,12-13H2,1H3. The number of hydrogen-bond acceptors (Lipinski definition) is 2. The molecular weight excluding hydrogens is 236 g/mol. The molecule has 0 fully saturated rings. The van der Waals surface area contributed by atoms with Crippen molar-refractivity contribution in [1.29, 1.82) is 0 Å². The van der Waals surface area contributed by atoms with Crippen LogP contribution in [0.15, 0.2) is 54.6 Å². The third-order valence-electron chi connectivity index (χ3n) is 3.41. The first-order valence-electron chi connectivity index (χ1n) is 6.70. The van der Waals surface area contributed by atoms with Crippen LogP contribution in [0.3, 0.4) is 0 Å². The Hall–Kier alpha value is -1.80. The molecule has 2 rings (SSSR count). The Morgan fingerprint density at radius 2 is 1.58 bits per heavy atom. The number of phenols is 1. The summed E-state index contributed by atoms with van der Waals surface area (Å²) in [6, 6.07) is 16.8. The number of rotatable bonds is 5. The Morgan fingerprint density at radius 3 is 2.16 bits per heavy atom. The first-order valence-corrected chi connectivity index (χ1v) is 6.70. The lowest BCUT2D eigenvalue weighted by molar-refractivity contribution is 0.0269. The highest BCUT2D eigenvalue weighted by atomic mass is 16.3. The van der Waals surface area contributed by atoms with Gasteiger partial charge in [-0.2, -0.15) is 0 Å². The monoisotopic (exact) mass is 256 g/mol. The van der Waals surface area contributed by atoms with Crippen LogP contribution in [0.1, 0.15) is 30.9 Å². The molecule has 0 aromatic heterocycles. The second-order valence-corrected chi connectivity index (χ2v) is 4.99. The van der Waals surface area contributed by atoms with E-state index in [1.165, 1.54) is 0 Å². The number of aromatic hydroxyl groups is 1. The fourth-order valence-corrected chi connectivity index (χ4v) is 2.45. The van der Waals surface area contributed by atoms with Crippen molar-refractivity contribution in [3.05, 3.63) is 65.7 Å². The fourth-order valence-electron chi connectivity index (χ4n) is 2.45. The number of hydrogen-bond donors (Lipinski definition) is 2. The predicted octanol–water partition coefficient (Wildman–Crippen LogP) is 3.62. The van der Waals surface area contributed by atoms with E-state index < -0.39 is 5.60 Å². The van der Waals surface area contributed by atoms with E-state index in [0.717, 1.165) is 24.0 Å². The zero-order valence-electron chi connectivity index (χ0n) is 11.2. The van der Waals surface area contributed by atoms with E-state index in [-0.39, 0.29) is 5.75 Å². The van der Waals surface area contributed by atoms with Gasteiger partial charge in [-0.3, -0.25) is 0 Å². The van der Waals surface area contributed by atoms with Crippen LogP contribution in [0, 0.1) is 0 Å². The molecule has 0 radical (unpaired) electrons. The lowest BCUT2D eigenvalue weighted by atomic mass is 9.84. The zero-order chi connectivity index (χ0) is 13.7. The molecule has 19 heavy (non-hydrogen) atoms.